The molecule has 0 bridgehead atoms. The molecule has 110 valence electrons. The summed E-state index contributed by atoms with van der Waals surface area (Å²) >= 11 is 0. The number of rotatable bonds is 6. The molecule has 0 spiro atoms. The zero-order valence-corrected chi connectivity index (χ0v) is 12.5. The van der Waals surface area contributed by atoms with Crippen LogP contribution in [0.25, 0.3) is 0 Å². The Bertz CT molecular complexity index is 564. The monoisotopic (exact) mass is 283 g/mol. The minimum Gasteiger partial charge on any atom is -0.457 e. The van der Waals surface area contributed by atoms with Crippen LogP contribution in [0.15, 0.2) is 54.6 Å². The largest absolute Gasteiger partial charge is 0.457 e. The molecule has 0 radical (unpaired) electrons. The molecule has 0 aliphatic carbocycles. The molecule has 1 amide bonds. The first-order chi connectivity index (χ1) is 10.2. The van der Waals surface area contributed by atoms with Crippen LogP contribution >= 0.6 is 0 Å². The van der Waals surface area contributed by atoms with E-state index in [2.05, 4.69) is 12.2 Å². The molecule has 0 saturated carbocycles. The summed E-state index contributed by atoms with van der Waals surface area (Å²) in [4.78, 5) is 12.0. The molecule has 2 aromatic carbocycles. The highest BCUT2D eigenvalue weighted by atomic mass is 16.5. The van der Waals surface area contributed by atoms with Crippen LogP contribution in [0.1, 0.15) is 37.0 Å². The average molecular weight is 283 g/mol. The van der Waals surface area contributed by atoms with Crippen molar-refractivity contribution in [1.82, 2.24) is 5.32 Å². The standard InChI is InChI=1S/C18H21NO2/c1-3-7-14(2)19-18(20)15-10-12-17(13-11-15)21-16-8-5-4-6-9-16/h4-6,8-14H,3,7H2,1-2H3,(H,19,20). The number of carbonyl (C=O) groups is 1. The average Bonchev–Trinajstić information content (AvgIpc) is 2.49. The van der Waals surface area contributed by atoms with Crippen LogP contribution in [0, 0.1) is 0 Å². The van der Waals surface area contributed by atoms with Gasteiger partial charge in [0.05, 0.1) is 0 Å². The molecule has 1 N–H and O–H groups in total. The van der Waals surface area contributed by atoms with Gasteiger partial charge in [-0.2, -0.15) is 0 Å². The lowest BCUT2D eigenvalue weighted by molar-refractivity contribution is 0.0938. The molecule has 0 fully saturated rings. The van der Waals surface area contributed by atoms with Crippen LogP contribution in [0.2, 0.25) is 0 Å². The fourth-order valence-corrected chi connectivity index (χ4v) is 2.11. The number of nitrogens with one attached hydrogen (secondary N) is 1. The van der Waals surface area contributed by atoms with E-state index >= 15 is 0 Å². The minimum atomic E-state index is -0.0396. The summed E-state index contributed by atoms with van der Waals surface area (Å²) in [7, 11) is 0. The van der Waals surface area contributed by atoms with Gasteiger partial charge < -0.3 is 10.1 Å². The van der Waals surface area contributed by atoms with Gasteiger partial charge in [-0.15, -0.1) is 0 Å². The summed E-state index contributed by atoms with van der Waals surface area (Å²) in [6.45, 7) is 4.13. The summed E-state index contributed by atoms with van der Waals surface area (Å²) < 4.78 is 5.70. The molecule has 3 heteroatoms. The van der Waals surface area contributed by atoms with Crippen molar-refractivity contribution in [3.63, 3.8) is 0 Å². The maximum atomic E-state index is 12.0. The Morgan fingerprint density at radius 3 is 2.29 bits per heavy atom. The first-order valence-corrected chi connectivity index (χ1v) is 7.33. The predicted octanol–water partition coefficient (Wildman–Crippen LogP) is 4.40. The molecular formula is C18H21NO2. The van der Waals surface area contributed by atoms with Crippen molar-refractivity contribution in [3.8, 4) is 11.5 Å². The van der Waals surface area contributed by atoms with Gasteiger partial charge in [0.1, 0.15) is 11.5 Å². The van der Waals surface area contributed by atoms with Gasteiger partial charge in [-0.3, -0.25) is 4.79 Å². The van der Waals surface area contributed by atoms with Gasteiger partial charge in [0.15, 0.2) is 0 Å². The molecule has 0 saturated heterocycles. The second-order valence-electron chi connectivity index (χ2n) is 5.10. The molecule has 1 unspecified atom stereocenters. The van der Waals surface area contributed by atoms with Crippen LogP contribution in [0.5, 0.6) is 11.5 Å². The Labute approximate surface area is 126 Å². The number of carbonyl (C=O) groups excluding carboxylic acids is 1. The van der Waals surface area contributed by atoms with E-state index < -0.39 is 0 Å². The van der Waals surface area contributed by atoms with Crippen molar-refractivity contribution >= 4 is 5.91 Å². The van der Waals surface area contributed by atoms with E-state index in [1.54, 1.807) is 12.1 Å². The van der Waals surface area contributed by atoms with Gasteiger partial charge in [-0.05, 0) is 49.7 Å². The van der Waals surface area contributed by atoms with Crippen LogP contribution in [0.4, 0.5) is 0 Å². The van der Waals surface area contributed by atoms with E-state index in [1.165, 1.54) is 0 Å². The quantitative estimate of drug-likeness (QED) is 0.853. The zero-order valence-electron chi connectivity index (χ0n) is 12.5. The summed E-state index contributed by atoms with van der Waals surface area (Å²) in [5.74, 6) is 1.47. The lowest BCUT2D eigenvalue weighted by Gasteiger charge is -2.13. The third-order valence-electron chi connectivity index (χ3n) is 3.19. The molecule has 2 aromatic rings. The highest BCUT2D eigenvalue weighted by Crippen LogP contribution is 2.21. The number of hydrogen-bond acceptors (Lipinski definition) is 2. The van der Waals surface area contributed by atoms with Gasteiger partial charge in [0.25, 0.3) is 5.91 Å². The zero-order chi connectivity index (χ0) is 15.1. The van der Waals surface area contributed by atoms with Crippen molar-refractivity contribution in [2.75, 3.05) is 0 Å². The van der Waals surface area contributed by atoms with Crippen LogP contribution in [-0.2, 0) is 0 Å². The van der Waals surface area contributed by atoms with E-state index in [4.69, 9.17) is 4.74 Å². The highest BCUT2D eigenvalue weighted by molar-refractivity contribution is 5.94. The lowest BCUT2D eigenvalue weighted by atomic mass is 10.1. The lowest BCUT2D eigenvalue weighted by Crippen LogP contribution is -2.32. The van der Waals surface area contributed by atoms with Crippen molar-refractivity contribution in [3.05, 3.63) is 60.2 Å². The number of benzene rings is 2. The topological polar surface area (TPSA) is 38.3 Å². The van der Waals surface area contributed by atoms with Gasteiger partial charge >= 0.3 is 0 Å². The second-order valence-corrected chi connectivity index (χ2v) is 5.10. The molecule has 0 aliphatic heterocycles. The molecule has 1 atom stereocenters. The van der Waals surface area contributed by atoms with Crippen molar-refractivity contribution < 1.29 is 9.53 Å². The van der Waals surface area contributed by atoms with E-state index in [-0.39, 0.29) is 11.9 Å². The fourth-order valence-electron chi connectivity index (χ4n) is 2.11. The van der Waals surface area contributed by atoms with Crippen LogP contribution < -0.4 is 10.1 Å². The van der Waals surface area contributed by atoms with E-state index in [0.29, 0.717) is 5.56 Å². The summed E-state index contributed by atoms with van der Waals surface area (Å²) in [6.07, 6.45) is 2.05. The van der Waals surface area contributed by atoms with E-state index in [9.17, 15) is 4.79 Å². The summed E-state index contributed by atoms with van der Waals surface area (Å²) in [6, 6.07) is 17.0. The van der Waals surface area contributed by atoms with Crippen LogP contribution in [-0.4, -0.2) is 11.9 Å². The Kier molecular flexibility index (Phi) is 5.38. The predicted molar refractivity (Wildman–Crippen MR) is 84.8 cm³/mol. The maximum absolute atomic E-state index is 12.0. The summed E-state index contributed by atoms with van der Waals surface area (Å²) in [5.41, 5.74) is 0.651. The Balaban J connectivity index is 1.97. The molecule has 0 aliphatic rings. The summed E-state index contributed by atoms with van der Waals surface area (Å²) in [5, 5.41) is 2.99. The smallest absolute Gasteiger partial charge is 0.251 e. The Hall–Kier alpha value is -2.29. The van der Waals surface area contributed by atoms with Gasteiger partial charge in [0, 0.05) is 11.6 Å². The highest BCUT2D eigenvalue weighted by Gasteiger charge is 2.09. The van der Waals surface area contributed by atoms with Gasteiger partial charge in [-0.25, -0.2) is 0 Å². The number of para-hydroxylation sites is 1. The van der Waals surface area contributed by atoms with Crippen LogP contribution in [0.3, 0.4) is 0 Å². The van der Waals surface area contributed by atoms with Crippen molar-refractivity contribution in [2.45, 2.75) is 32.7 Å². The van der Waals surface area contributed by atoms with E-state index in [0.717, 1.165) is 24.3 Å². The van der Waals surface area contributed by atoms with Crippen molar-refractivity contribution in [2.24, 2.45) is 0 Å². The molecule has 21 heavy (non-hydrogen) atoms. The number of hydrogen-bond donors (Lipinski definition) is 1. The first-order valence-electron chi connectivity index (χ1n) is 7.33. The molecule has 0 heterocycles. The minimum absolute atomic E-state index is 0.0396. The van der Waals surface area contributed by atoms with Gasteiger partial charge in [0.2, 0.25) is 0 Å². The number of amides is 1. The second kappa shape index (κ2) is 7.48. The maximum Gasteiger partial charge on any atom is 0.251 e. The third-order valence-corrected chi connectivity index (χ3v) is 3.19. The van der Waals surface area contributed by atoms with Crippen molar-refractivity contribution in [1.29, 1.82) is 0 Å². The third kappa shape index (κ3) is 4.63. The normalized spacial score (nSPS) is 11.7. The Morgan fingerprint density at radius 2 is 1.67 bits per heavy atom. The Morgan fingerprint density at radius 1 is 1.05 bits per heavy atom. The molecule has 2 rings (SSSR count). The first kappa shape index (κ1) is 15.1. The molecular weight excluding hydrogens is 262 g/mol. The molecule has 0 aromatic heterocycles. The van der Waals surface area contributed by atoms with E-state index in [1.807, 2.05) is 49.4 Å². The SMILES string of the molecule is CCCC(C)NC(=O)c1ccc(Oc2ccccc2)cc1. The molecule has 3 nitrogen and oxygen atoms in total. The van der Waals surface area contributed by atoms with Gasteiger partial charge in [-0.1, -0.05) is 31.5 Å². The number of ether oxygens (including phenoxy) is 1. The fraction of sp³-hybridized carbons (Fsp3) is 0.278.